The molecular formula is C25H28N4O3S2. The molecule has 3 heterocycles. The van der Waals surface area contributed by atoms with Crippen LogP contribution < -0.4 is 5.56 Å². The lowest BCUT2D eigenvalue weighted by molar-refractivity contribution is -0.137. The van der Waals surface area contributed by atoms with Gasteiger partial charge in [0.1, 0.15) is 4.83 Å². The van der Waals surface area contributed by atoms with Gasteiger partial charge in [0.2, 0.25) is 5.78 Å². The van der Waals surface area contributed by atoms with Crippen molar-refractivity contribution < 1.29 is 9.53 Å². The smallest absolute Gasteiger partial charge is 0.316 e. The Kier molecular flexibility index (Phi) is 5.80. The highest BCUT2D eigenvalue weighted by Gasteiger charge is 2.33. The molecule has 0 bridgehead atoms. The Balaban J connectivity index is 1.80. The molecule has 3 aromatic heterocycles. The molecule has 178 valence electrons. The molecule has 7 nitrogen and oxygen atoms in total. The van der Waals surface area contributed by atoms with Gasteiger partial charge in [-0.2, -0.15) is 0 Å². The van der Waals surface area contributed by atoms with Gasteiger partial charge in [0.15, 0.2) is 5.16 Å². The lowest BCUT2D eigenvalue weighted by atomic mass is 9.72. The van der Waals surface area contributed by atoms with Crippen molar-refractivity contribution in [2.24, 2.45) is 11.3 Å². The predicted molar refractivity (Wildman–Crippen MR) is 136 cm³/mol. The molecule has 0 aliphatic heterocycles. The largest absolute Gasteiger partial charge is 0.468 e. The van der Waals surface area contributed by atoms with Gasteiger partial charge in [0, 0.05) is 4.88 Å². The molecule has 0 spiro atoms. The first kappa shape index (κ1) is 23.1. The van der Waals surface area contributed by atoms with Crippen molar-refractivity contribution in [3.8, 4) is 5.69 Å². The molecule has 0 unspecified atom stereocenters. The number of para-hydroxylation sites is 1. The number of esters is 1. The molecule has 0 saturated carbocycles. The summed E-state index contributed by atoms with van der Waals surface area (Å²) < 4.78 is 8.44. The van der Waals surface area contributed by atoms with Crippen molar-refractivity contribution in [3.63, 3.8) is 0 Å². The number of thiophene rings is 1. The van der Waals surface area contributed by atoms with E-state index in [1.165, 1.54) is 23.7 Å². The quantitative estimate of drug-likeness (QED) is 0.298. The molecule has 1 aromatic carbocycles. The molecule has 4 aromatic rings. The van der Waals surface area contributed by atoms with Crippen molar-refractivity contribution in [2.75, 3.05) is 12.9 Å². The number of carbonyl (C=O) groups excluding carboxylic acids is 1. The maximum Gasteiger partial charge on any atom is 0.316 e. The summed E-state index contributed by atoms with van der Waals surface area (Å²) >= 11 is 2.95. The number of fused-ring (bicyclic) bond motifs is 5. The summed E-state index contributed by atoms with van der Waals surface area (Å²) in [4.78, 5) is 28.0. The van der Waals surface area contributed by atoms with E-state index < -0.39 is 0 Å². The summed E-state index contributed by atoms with van der Waals surface area (Å²) in [6.45, 7) is 8.87. The lowest BCUT2D eigenvalue weighted by Crippen LogP contribution is -2.27. The molecule has 0 amide bonds. The van der Waals surface area contributed by atoms with Gasteiger partial charge in [-0.05, 0) is 54.7 Å². The van der Waals surface area contributed by atoms with Crippen molar-refractivity contribution in [2.45, 2.75) is 52.1 Å². The molecule has 0 radical (unpaired) electrons. The Morgan fingerprint density at radius 2 is 2.03 bits per heavy atom. The average Bonchev–Trinajstić information content (AvgIpc) is 3.39. The number of ether oxygens (including phenoxy) is 1. The van der Waals surface area contributed by atoms with Gasteiger partial charge in [-0.25, -0.2) is 8.97 Å². The Morgan fingerprint density at radius 1 is 1.26 bits per heavy atom. The minimum Gasteiger partial charge on any atom is -0.468 e. The van der Waals surface area contributed by atoms with E-state index >= 15 is 0 Å². The maximum atomic E-state index is 14.0. The number of methoxy groups -OCH3 is 1. The van der Waals surface area contributed by atoms with Gasteiger partial charge >= 0.3 is 5.97 Å². The van der Waals surface area contributed by atoms with Crippen LogP contribution >= 0.6 is 23.1 Å². The number of hydrogen-bond acceptors (Lipinski definition) is 7. The summed E-state index contributed by atoms with van der Waals surface area (Å²) in [6.07, 6.45) is 2.92. The molecule has 0 N–H and O–H groups in total. The Bertz CT molecular complexity index is 1480. The van der Waals surface area contributed by atoms with E-state index in [9.17, 15) is 9.59 Å². The molecule has 1 aliphatic rings. The molecule has 1 aliphatic carbocycles. The van der Waals surface area contributed by atoms with Crippen LogP contribution in [0.25, 0.3) is 21.7 Å². The van der Waals surface area contributed by atoms with Gasteiger partial charge in [0.25, 0.3) is 5.56 Å². The highest BCUT2D eigenvalue weighted by Crippen LogP contribution is 2.43. The van der Waals surface area contributed by atoms with E-state index in [-0.39, 0.29) is 22.7 Å². The van der Waals surface area contributed by atoms with Crippen molar-refractivity contribution in [1.82, 2.24) is 19.2 Å². The molecule has 0 saturated heterocycles. The van der Waals surface area contributed by atoms with Crippen molar-refractivity contribution >= 4 is 45.1 Å². The van der Waals surface area contributed by atoms with Crippen LogP contribution in [-0.2, 0) is 22.4 Å². The van der Waals surface area contributed by atoms with E-state index in [0.29, 0.717) is 16.9 Å². The number of nitrogens with zero attached hydrogens (tertiary/aromatic N) is 4. The van der Waals surface area contributed by atoms with Crippen molar-refractivity contribution in [1.29, 1.82) is 0 Å². The molecule has 9 heteroatoms. The fourth-order valence-electron chi connectivity index (χ4n) is 4.78. The third kappa shape index (κ3) is 3.75. The molecule has 1 atom stereocenters. The number of carbonyl (C=O) groups is 1. The van der Waals surface area contributed by atoms with Crippen LogP contribution in [-0.4, -0.2) is 38.0 Å². The fourth-order valence-corrected chi connectivity index (χ4v) is 7.02. The zero-order valence-corrected chi connectivity index (χ0v) is 21.7. The first-order chi connectivity index (χ1) is 16.2. The number of aromatic nitrogens is 4. The topological polar surface area (TPSA) is 78.5 Å². The molecule has 0 fully saturated rings. The van der Waals surface area contributed by atoms with Gasteiger partial charge < -0.3 is 4.74 Å². The lowest BCUT2D eigenvalue weighted by Gasteiger charge is -2.33. The minimum atomic E-state index is -0.330. The second kappa shape index (κ2) is 8.53. The highest BCUT2D eigenvalue weighted by atomic mass is 32.2. The van der Waals surface area contributed by atoms with E-state index in [0.717, 1.165) is 46.3 Å². The number of benzene rings is 1. The second-order valence-electron chi connectivity index (χ2n) is 9.90. The monoisotopic (exact) mass is 496 g/mol. The van der Waals surface area contributed by atoms with Gasteiger partial charge in [-0.3, -0.25) is 9.59 Å². The number of hydrogen-bond donors (Lipinski definition) is 0. The summed E-state index contributed by atoms with van der Waals surface area (Å²) in [7, 11) is 1.37. The molecular weight excluding hydrogens is 468 g/mol. The van der Waals surface area contributed by atoms with E-state index in [2.05, 4.69) is 31.0 Å². The minimum absolute atomic E-state index is 0.0552. The molecule has 5 rings (SSSR count). The first-order valence-corrected chi connectivity index (χ1v) is 13.2. The normalized spacial score (nSPS) is 16.2. The summed E-state index contributed by atoms with van der Waals surface area (Å²) in [5.74, 6) is 0.824. The third-order valence-electron chi connectivity index (χ3n) is 6.81. The second-order valence-corrected chi connectivity index (χ2v) is 11.9. The number of aryl methyl sites for hydroxylation is 2. The predicted octanol–water partition coefficient (Wildman–Crippen LogP) is 4.82. The summed E-state index contributed by atoms with van der Waals surface area (Å²) in [5, 5.41) is 10.1. The average molecular weight is 497 g/mol. The summed E-state index contributed by atoms with van der Waals surface area (Å²) in [5.41, 5.74) is 3.09. The Labute approximate surface area is 206 Å². The van der Waals surface area contributed by atoms with E-state index in [1.54, 1.807) is 15.9 Å². The SMILES string of the molecule is COC(=O)CSc1nnc2n(-c3ccccc3C)c(=O)c3c4c(sc3n12)C[C@@H](C(C)(C)C)CC4. The zero-order valence-electron chi connectivity index (χ0n) is 20.0. The van der Waals surface area contributed by atoms with Crippen LogP contribution in [0.15, 0.2) is 34.2 Å². The summed E-state index contributed by atoms with van der Waals surface area (Å²) in [6, 6.07) is 7.81. The van der Waals surface area contributed by atoms with Crippen LogP contribution in [0.3, 0.4) is 0 Å². The Morgan fingerprint density at radius 3 is 2.74 bits per heavy atom. The van der Waals surface area contributed by atoms with Gasteiger partial charge in [-0.15, -0.1) is 21.5 Å². The van der Waals surface area contributed by atoms with E-state index in [4.69, 9.17) is 4.74 Å². The zero-order chi connectivity index (χ0) is 24.2. The van der Waals surface area contributed by atoms with Crippen LogP contribution in [0.5, 0.6) is 0 Å². The van der Waals surface area contributed by atoms with E-state index in [1.807, 2.05) is 35.6 Å². The third-order valence-corrected chi connectivity index (χ3v) is 8.95. The van der Waals surface area contributed by atoms with Crippen LogP contribution in [0.2, 0.25) is 0 Å². The number of thioether (sulfide) groups is 1. The number of rotatable bonds is 4. The van der Waals surface area contributed by atoms with Gasteiger partial charge in [-0.1, -0.05) is 50.7 Å². The molecule has 34 heavy (non-hydrogen) atoms. The Hall–Kier alpha value is -2.65. The van der Waals surface area contributed by atoms with Crippen LogP contribution in [0, 0.1) is 18.3 Å². The highest BCUT2D eigenvalue weighted by molar-refractivity contribution is 7.99. The van der Waals surface area contributed by atoms with Gasteiger partial charge in [0.05, 0.1) is 23.9 Å². The standard InChI is InChI=1S/C25H28N4O3S2/c1-14-8-6-7-9-17(14)28-21(31)20-16-11-10-15(25(2,3)4)12-18(16)34-22(20)29-23(28)26-27-24(29)33-13-19(30)32-5/h6-9,15H,10-13H2,1-5H3/t15-/m0/s1. The maximum absolute atomic E-state index is 14.0. The van der Waals surface area contributed by atoms with Crippen molar-refractivity contribution in [3.05, 3.63) is 50.6 Å². The fraction of sp³-hybridized carbons (Fsp3) is 0.440. The first-order valence-electron chi connectivity index (χ1n) is 11.4. The van der Waals surface area contributed by atoms with Crippen LogP contribution in [0.4, 0.5) is 0 Å². The van der Waals surface area contributed by atoms with Crippen LogP contribution in [0.1, 0.15) is 43.2 Å².